The minimum Gasteiger partial charge on any atom is -0.506 e. The molecule has 28 heavy (non-hydrogen) atoms. The lowest BCUT2D eigenvalue weighted by Gasteiger charge is -2.13. The van der Waals surface area contributed by atoms with Crippen LogP contribution in [0.5, 0.6) is 5.75 Å². The number of hydrogen-bond acceptors (Lipinski definition) is 5. The van der Waals surface area contributed by atoms with Gasteiger partial charge in [-0.25, -0.2) is 0 Å². The number of aliphatic hydroxyl groups is 2. The third-order valence-electron chi connectivity index (χ3n) is 4.30. The van der Waals surface area contributed by atoms with E-state index in [0.29, 0.717) is 0 Å². The molecule has 3 N–H and O–H groups in total. The van der Waals surface area contributed by atoms with E-state index < -0.39 is 18.5 Å². The summed E-state index contributed by atoms with van der Waals surface area (Å²) in [6.07, 6.45) is -1.52. The van der Waals surface area contributed by atoms with E-state index >= 15 is 0 Å². The van der Waals surface area contributed by atoms with Crippen LogP contribution in [0.3, 0.4) is 0 Å². The molecule has 0 amide bonds. The van der Waals surface area contributed by atoms with Crippen molar-refractivity contribution in [2.75, 3.05) is 6.61 Å². The van der Waals surface area contributed by atoms with Crippen LogP contribution in [-0.2, 0) is 0 Å². The molecule has 0 bridgehead atoms. The standard InChI is InChI=1S/C17H8B4Br2O5/c18-10-8-9(14(26)4-1-5(22)15(27)6(23)2-4)16(7(25)3-24)28-17(8)13(21)12(20)11(10)19/h1-2,7,24-25,27H,3H2. The summed E-state index contributed by atoms with van der Waals surface area (Å²) in [4.78, 5) is 13.3. The second-order valence-electron chi connectivity index (χ2n) is 6.02. The van der Waals surface area contributed by atoms with Gasteiger partial charge in [0.15, 0.2) is 5.78 Å². The summed E-state index contributed by atoms with van der Waals surface area (Å²) >= 11 is 6.32. The molecule has 1 heterocycles. The first kappa shape index (κ1) is 21.3. The molecule has 3 aromatic rings. The molecule has 1 aromatic heterocycles. The largest absolute Gasteiger partial charge is 0.506 e. The summed E-state index contributed by atoms with van der Waals surface area (Å²) in [6, 6.07) is 2.77. The van der Waals surface area contributed by atoms with Crippen LogP contribution >= 0.6 is 31.9 Å². The summed E-state index contributed by atoms with van der Waals surface area (Å²) in [5, 5.41) is 29.5. The Kier molecular flexibility index (Phi) is 5.92. The summed E-state index contributed by atoms with van der Waals surface area (Å²) < 4.78 is 6.11. The van der Waals surface area contributed by atoms with E-state index in [2.05, 4.69) is 31.9 Å². The predicted octanol–water partition coefficient (Wildman–Crippen LogP) is -0.905. The van der Waals surface area contributed by atoms with Crippen LogP contribution in [0.2, 0.25) is 0 Å². The van der Waals surface area contributed by atoms with E-state index in [0.717, 1.165) is 0 Å². The highest BCUT2D eigenvalue weighted by Crippen LogP contribution is 2.36. The Morgan fingerprint density at radius 1 is 1.04 bits per heavy atom. The topological polar surface area (TPSA) is 90.9 Å². The second kappa shape index (κ2) is 7.78. The normalized spacial score (nSPS) is 12.4. The van der Waals surface area contributed by atoms with Crippen molar-refractivity contribution in [2.45, 2.75) is 6.10 Å². The van der Waals surface area contributed by atoms with Crippen molar-refractivity contribution in [3.8, 4) is 5.75 Å². The molecule has 1 atom stereocenters. The fourth-order valence-corrected chi connectivity index (χ4v) is 4.01. The second-order valence-corrected chi connectivity index (χ2v) is 7.72. The van der Waals surface area contributed by atoms with E-state index in [1.54, 1.807) is 0 Å². The monoisotopic (exact) mass is 494 g/mol. The number of fused-ring (bicyclic) bond motifs is 1. The van der Waals surface area contributed by atoms with Crippen molar-refractivity contribution in [1.29, 1.82) is 0 Å². The first-order valence-corrected chi connectivity index (χ1v) is 9.38. The number of hydrogen-bond donors (Lipinski definition) is 3. The van der Waals surface area contributed by atoms with E-state index in [9.17, 15) is 20.1 Å². The van der Waals surface area contributed by atoms with E-state index in [1.165, 1.54) is 12.1 Å². The van der Waals surface area contributed by atoms with Crippen LogP contribution in [0.25, 0.3) is 11.0 Å². The van der Waals surface area contributed by atoms with Crippen molar-refractivity contribution >= 4 is 102 Å². The van der Waals surface area contributed by atoms with Gasteiger partial charge in [-0.05, 0) is 44.0 Å². The Bertz CT molecular complexity index is 1110. The lowest BCUT2D eigenvalue weighted by atomic mass is 9.65. The summed E-state index contributed by atoms with van der Waals surface area (Å²) in [5.41, 5.74) is -0.124. The third kappa shape index (κ3) is 3.28. The lowest BCUT2D eigenvalue weighted by molar-refractivity contribution is 0.0768. The number of halogens is 2. The number of carbonyl (C=O) groups excluding carboxylic acids is 1. The number of aromatic hydroxyl groups is 1. The van der Waals surface area contributed by atoms with Gasteiger partial charge in [0.05, 0.1) is 21.1 Å². The number of phenols is 1. The average molecular weight is 495 g/mol. The average Bonchev–Trinajstić information content (AvgIpc) is 3.07. The molecule has 2 aromatic carbocycles. The van der Waals surface area contributed by atoms with Crippen LogP contribution in [0.1, 0.15) is 27.8 Å². The van der Waals surface area contributed by atoms with E-state index in [1.807, 2.05) is 0 Å². The zero-order valence-electron chi connectivity index (χ0n) is 14.2. The van der Waals surface area contributed by atoms with Crippen LogP contribution in [-0.4, -0.2) is 59.1 Å². The Morgan fingerprint density at radius 2 is 1.57 bits per heavy atom. The molecule has 0 aliphatic rings. The van der Waals surface area contributed by atoms with E-state index in [4.69, 9.17) is 35.8 Å². The zero-order valence-corrected chi connectivity index (χ0v) is 17.3. The predicted molar refractivity (Wildman–Crippen MR) is 117 cm³/mol. The quantitative estimate of drug-likeness (QED) is 0.323. The van der Waals surface area contributed by atoms with Gasteiger partial charge in [0, 0.05) is 10.9 Å². The molecule has 0 saturated heterocycles. The van der Waals surface area contributed by atoms with Gasteiger partial charge in [-0.15, -0.1) is 10.9 Å². The summed E-state index contributed by atoms with van der Waals surface area (Å²) in [7, 11) is 23.8. The SMILES string of the molecule is [B]c1c([B])c([B])c2c(C(=O)c3cc(Br)c(O)c(Br)c3)c(C(O)CO)oc2c1[B]. The number of benzene rings is 2. The first-order chi connectivity index (χ1) is 13.1. The molecule has 5 nitrogen and oxygen atoms in total. The van der Waals surface area contributed by atoms with Gasteiger partial charge in [-0.2, -0.15) is 0 Å². The highest BCUT2D eigenvalue weighted by atomic mass is 79.9. The van der Waals surface area contributed by atoms with Crippen LogP contribution in [0.15, 0.2) is 25.5 Å². The molecule has 0 aliphatic heterocycles. The smallest absolute Gasteiger partial charge is 0.197 e. The summed E-state index contributed by atoms with van der Waals surface area (Å²) in [6.45, 7) is -0.714. The number of ketones is 1. The van der Waals surface area contributed by atoms with Gasteiger partial charge in [0.2, 0.25) is 0 Å². The molecule has 0 saturated carbocycles. The van der Waals surface area contributed by atoms with E-state index in [-0.39, 0.29) is 64.4 Å². The van der Waals surface area contributed by atoms with Crippen LogP contribution in [0.4, 0.5) is 0 Å². The van der Waals surface area contributed by atoms with Crippen molar-refractivity contribution in [3.63, 3.8) is 0 Å². The maximum absolute atomic E-state index is 13.3. The van der Waals surface area contributed by atoms with Gasteiger partial charge in [-0.1, -0.05) is 10.9 Å². The van der Waals surface area contributed by atoms with Crippen molar-refractivity contribution in [1.82, 2.24) is 0 Å². The Morgan fingerprint density at radius 3 is 2.11 bits per heavy atom. The highest BCUT2D eigenvalue weighted by Gasteiger charge is 2.29. The molecule has 0 spiro atoms. The van der Waals surface area contributed by atoms with Crippen molar-refractivity contribution in [2.24, 2.45) is 0 Å². The first-order valence-electron chi connectivity index (χ1n) is 7.79. The molecule has 3 rings (SSSR count). The minimum absolute atomic E-state index is 0.0158. The Labute approximate surface area is 182 Å². The fraction of sp³-hybridized carbons (Fsp3) is 0.118. The molecule has 132 valence electrons. The molecule has 11 heteroatoms. The van der Waals surface area contributed by atoms with Crippen molar-refractivity contribution < 1.29 is 24.5 Å². The number of carbonyl (C=O) groups is 1. The minimum atomic E-state index is -1.52. The number of phenolic OH excluding ortho intramolecular Hbond substituents is 1. The molecular weight excluding hydrogens is 487 g/mol. The number of aliphatic hydroxyl groups excluding tert-OH is 2. The van der Waals surface area contributed by atoms with Crippen LogP contribution in [0, 0.1) is 0 Å². The molecule has 0 fully saturated rings. The van der Waals surface area contributed by atoms with Crippen LogP contribution < -0.4 is 21.9 Å². The van der Waals surface area contributed by atoms with Gasteiger partial charge in [0.1, 0.15) is 54.6 Å². The van der Waals surface area contributed by atoms with Gasteiger partial charge >= 0.3 is 0 Å². The number of furan rings is 1. The fourth-order valence-electron chi connectivity index (χ4n) is 2.83. The Balaban J connectivity index is 2.40. The summed E-state index contributed by atoms with van der Waals surface area (Å²) in [5.74, 6) is -0.922. The van der Waals surface area contributed by atoms with Gasteiger partial charge < -0.3 is 19.7 Å². The Hall–Kier alpha value is -1.41. The molecule has 0 aliphatic carbocycles. The molecule has 8 radical (unpaired) electrons. The maximum atomic E-state index is 13.3. The molecular formula is C17H8B4Br2O5. The zero-order chi connectivity index (χ0) is 20.9. The van der Waals surface area contributed by atoms with Crippen molar-refractivity contribution in [3.05, 3.63) is 38.0 Å². The highest BCUT2D eigenvalue weighted by molar-refractivity contribution is 9.11. The third-order valence-corrected chi connectivity index (χ3v) is 5.51. The maximum Gasteiger partial charge on any atom is 0.197 e. The lowest BCUT2D eigenvalue weighted by Crippen LogP contribution is -2.47. The molecule has 1 unspecified atom stereocenters. The van der Waals surface area contributed by atoms with Gasteiger partial charge in [-0.3, -0.25) is 4.79 Å². The van der Waals surface area contributed by atoms with Gasteiger partial charge in [0.25, 0.3) is 0 Å². The number of rotatable bonds is 4.